The summed E-state index contributed by atoms with van der Waals surface area (Å²) in [7, 11) is 0. The summed E-state index contributed by atoms with van der Waals surface area (Å²) in [5.74, 6) is 3.07. The molecule has 2 atom stereocenters. The van der Waals surface area contributed by atoms with E-state index in [1.807, 2.05) is 11.8 Å². The van der Waals surface area contributed by atoms with E-state index in [0.717, 1.165) is 0 Å². The minimum atomic E-state index is -0.0343. The molecular weight excluding hydrogens is 170 g/mol. The number of hydrogen-bond acceptors (Lipinski definition) is 3. The van der Waals surface area contributed by atoms with Gasteiger partial charge in [-0.25, -0.2) is 0 Å². The Bertz CT molecular complexity index is 130. The molecule has 0 bridgehead atoms. The van der Waals surface area contributed by atoms with Crippen LogP contribution in [0.25, 0.3) is 0 Å². The summed E-state index contributed by atoms with van der Waals surface area (Å²) < 4.78 is 0. The topological polar surface area (TPSA) is 46.2 Å². The highest BCUT2D eigenvalue weighted by Gasteiger charge is 2.33. The Morgan fingerprint density at radius 1 is 1.67 bits per heavy atom. The van der Waals surface area contributed by atoms with Crippen LogP contribution in [0.4, 0.5) is 0 Å². The van der Waals surface area contributed by atoms with E-state index in [4.69, 9.17) is 5.73 Å². The van der Waals surface area contributed by atoms with Crippen LogP contribution in [-0.2, 0) is 0 Å². The van der Waals surface area contributed by atoms with Crippen molar-refractivity contribution < 1.29 is 5.11 Å². The fraction of sp³-hybridized carbons (Fsp3) is 1.00. The van der Waals surface area contributed by atoms with Crippen molar-refractivity contribution in [1.29, 1.82) is 0 Å². The van der Waals surface area contributed by atoms with E-state index in [9.17, 15) is 5.11 Å². The number of thioether (sulfide) groups is 1. The fourth-order valence-electron chi connectivity index (χ4n) is 1.65. The Morgan fingerprint density at radius 2 is 2.42 bits per heavy atom. The maximum atomic E-state index is 9.25. The predicted octanol–water partition coefficient (Wildman–Crippen LogP) is 1.09. The average Bonchev–Trinajstić information content (AvgIpc) is 2.18. The van der Waals surface area contributed by atoms with E-state index in [1.165, 1.54) is 24.3 Å². The normalized spacial score (nSPS) is 29.8. The molecule has 1 aliphatic rings. The van der Waals surface area contributed by atoms with Crippen LogP contribution < -0.4 is 5.73 Å². The quantitative estimate of drug-likeness (QED) is 0.698. The zero-order chi connectivity index (χ0) is 9.03. The van der Waals surface area contributed by atoms with Gasteiger partial charge < -0.3 is 10.8 Å². The molecule has 0 amide bonds. The zero-order valence-corrected chi connectivity index (χ0v) is 8.57. The highest BCUT2D eigenvalue weighted by atomic mass is 32.2. The van der Waals surface area contributed by atoms with Gasteiger partial charge in [-0.3, -0.25) is 0 Å². The summed E-state index contributed by atoms with van der Waals surface area (Å²) in [6, 6.07) is 0. The van der Waals surface area contributed by atoms with Gasteiger partial charge in [-0.05, 0) is 30.3 Å². The van der Waals surface area contributed by atoms with Crippen LogP contribution in [0.5, 0.6) is 0 Å². The second-order valence-electron chi connectivity index (χ2n) is 3.93. The molecule has 0 aromatic rings. The van der Waals surface area contributed by atoms with E-state index in [2.05, 4.69) is 6.92 Å². The highest BCUT2D eigenvalue weighted by molar-refractivity contribution is 7.99. The smallest absolute Gasteiger partial charge is 0.0499 e. The van der Waals surface area contributed by atoms with Crippen molar-refractivity contribution in [3.8, 4) is 0 Å². The Kier molecular flexibility index (Phi) is 3.87. The summed E-state index contributed by atoms with van der Waals surface area (Å²) in [4.78, 5) is 0. The van der Waals surface area contributed by atoms with Crippen molar-refractivity contribution in [3.63, 3.8) is 0 Å². The molecule has 0 radical (unpaired) electrons. The van der Waals surface area contributed by atoms with Crippen molar-refractivity contribution in [1.82, 2.24) is 0 Å². The van der Waals surface area contributed by atoms with Crippen LogP contribution in [-0.4, -0.2) is 29.8 Å². The van der Waals surface area contributed by atoms with Crippen molar-refractivity contribution in [3.05, 3.63) is 0 Å². The molecule has 3 N–H and O–H groups in total. The van der Waals surface area contributed by atoms with Gasteiger partial charge in [-0.1, -0.05) is 6.92 Å². The van der Waals surface area contributed by atoms with Crippen LogP contribution in [0.1, 0.15) is 19.8 Å². The largest absolute Gasteiger partial charge is 0.396 e. The van der Waals surface area contributed by atoms with Crippen molar-refractivity contribution in [2.45, 2.75) is 19.8 Å². The predicted molar refractivity (Wildman–Crippen MR) is 54.3 cm³/mol. The summed E-state index contributed by atoms with van der Waals surface area (Å²) in [5.41, 5.74) is 5.64. The monoisotopic (exact) mass is 189 g/mol. The Morgan fingerprint density at radius 3 is 2.83 bits per heavy atom. The SMILES string of the molecule is CC(CN)(CO)C1CCCSC1. The molecule has 1 fully saturated rings. The molecule has 1 aliphatic heterocycles. The molecule has 72 valence electrons. The molecule has 0 spiro atoms. The van der Waals surface area contributed by atoms with Gasteiger partial charge in [0.05, 0.1) is 0 Å². The van der Waals surface area contributed by atoms with Crippen LogP contribution in [0, 0.1) is 11.3 Å². The maximum Gasteiger partial charge on any atom is 0.0499 e. The van der Waals surface area contributed by atoms with Gasteiger partial charge in [0, 0.05) is 18.6 Å². The minimum Gasteiger partial charge on any atom is -0.396 e. The van der Waals surface area contributed by atoms with Gasteiger partial charge in [-0.2, -0.15) is 11.8 Å². The number of nitrogens with two attached hydrogens (primary N) is 1. The van der Waals surface area contributed by atoms with Gasteiger partial charge in [0.25, 0.3) is 0 Å². The highest BCUT2D eigenvalue weighted by Crippen LogP contribution is 2.35. The Labute approximate surface area is 78.9 Å². The Balaban J connectivity index is 2.51. The molecule has 0 aromatic carbocycles. The second-order valence-corrected chi connectivity index (χ2v) is 5.08. The molecule has 0 aromatic heterocycles. The molecule has 1 rings (SSSR count). The molecule has 0 saturated carbocycles. The van der Waals surface area contributed by atoms with Crippen LogP contribution in [0.15, 0.2) is 0 Å². The standard InChI is InChI=1S/C9H19NOS/c1-9(6-10,7-11)8-3-2-4-12-5-8/h8,11H,2-7,10H2,1H3. The third-order valence-corrected chi connectivity index (χ3v) is 4.19. The molecular formula is C9H19NOS. The van der Waals surface area contributed by atoms with Gasteiger partial charge in [-0.15, -0.1) is 0 Å². The summed E-state index contributed by atoms with van der Waals surface area (Å²) >= 11 is 1.99. The van der Waals surface area contributed by atoms with Gasteiger partial charge in [0.1, 0.15) is 0 Å². The molecule has 2 nitrogen and oxygen atoms in total. The van der Waals surface area contributed by atoms with Crippen molar-refractivity contribution in [2.24, 2.45) is 17.1 Å². The van der Waals surface area contributed by atoms with Crippen LogP contribution >= 0.6 is 11.8 Å². The molecule has 12 heavy (non-hydrogen) atoms. The number of aliphatic hydroxyl groups is 1. The number of rotatable bonds is 3. The lowest BCUT2D eigenvalue weighted by Gasteiger charge is -2.37. The van der Waals surface area contributed by atoms with Gasteiger partial charge in [0.2, 0.25) is 0 Å². The average molecular weight is 189 g/mol. The van der Waals surface area contributed by atoms with Gasteiger partial charge >= 0.3 is 0 Å². The second kappa shape index (κ2) is 4.49. The first-order valence-corrected chi connectivity index (χ1v) is 5.77. The Hall–Kier alpha value is 0.270. The fourth-order valence-corrected chi connectivity index (χ4v) is 3.04. The maximum absolute atomic E-state index is 9.25. The molecule has 1 heterocycles. The zero-order valence-electron chi connectivity index (χ0n) is 7.75. The first-order valence-electron chi connectivity index (χ1n) is 4.61. The molecule has 1 saturated heterocycles. The third kappa shape index (κ3) is 2.15. The molecule has 2 unspecified atom stereocenters. The lowest BCUT2D eigenvalue weighted by molar-refractivity contribution is 0.0906. The molecule has 0 aliphatic carbocycles. The number of aliphatic hydroxyl groups excluding tert-OH is 1. The first-order chi connectivity index (χ1) is 5.73. The summed E-state index contributed by atoms with van der Waals surface area (Å²) in [6.07, 6.45) is 2.52. The van der Waals surface area contributed by atoms with E-state index in [-0.39, 0.29) is 12.0 Å². The molecule has 3 heteroatoms. The van der Waals surface area contributed by atoms with E-state index in [0.29, 0.717) is 12.5 Å². The van der Waals surface area contributed by atoms with Crippen molar-refractivity contribution in [2.75, 3.05) is 24.7 Å². The third-order valence-electron chi connectivity index (χ3n) is 2.97. The number of hydrogen-bond donors (Lipinski definition) is 2. The lowest BCUT2D eigenvalue weighted by Crippen LogP contribution is -2.40. The van der Waals surface area contributed by atoms with E-state index in [1.54, 1.807) is 0 Å². The lowest BCUT2D eigenvalue weighted by atomic mass is 9.76. The van der Waals surface area contributed by atoms with Gasteiger partial charge in [0.15, 0.2) is 0 Å². The van der Waals surface area contributed by atoms with E-state index < -0.39 is 0 Å². The van der Waals surface area contributed by atoms with Crippen LogP contribution in [0.3, 0.4) is 0 Å². The van der Waals surface area contributed by atoms with Crippen LogP contribution in [0.2, 0.25) is 0 Å². The van der Waals surface area contributed by atoms with Crippen molar-refractivity contribution >= 4 is 11.8 Å². The summed E-state index contributed by atoms with van der Waals surface area (Å²) in [5, 5.41) is 9.25. The minimum absolute atomic E-state index is 0.0343. The summed E-state index contributed by atoms with van der Waals surface area (Å²) in [6.45, 7) is 2.94. The first kappa shape index (κ1) is 10.4. The van der Waals surface area contributed by atoms with E-state index >= 15 is 0 Å².